The second-order valence-corrected chi connectivity index (χ2v) is 4.69. The van der Waals surface area contributed by atoms with Crippen molar-refractivity contribution in [1.29, 1.82) is 0 Å². The predicted octanol–water partition coefficient (Wildman–Crippen LogP) is 3.17. The van der Waals surface area contributed by atoms with E-state index in [0.29, 0.717) is 13.0 Å². The molecule has 3 unspecified atom stereocenters. The smallest absolute Gasteiger partial charge is 0.326 e. The maximum Gasteiger partial charge on any atom is 0.405 e. The zero-order valence-electron chi connectivity index (χ0n) is 11.2. The Labute approximate surface area is 102 Å². The van der Waals surface area contributed by atoms with Gasteiger partial charge in [-0.3, -0.25) is 4.90 Å². The Bertz CT molecular complexity index is 204. The molecular weight excluding hydrogens is 229 g/mol. The van der Waals surface area contributed by atoms with Crippen molar-refractivity contribution < 1.29 is 13.2 Å². The fourth-order valence-corrected chi connectivity index (χ4v) is 2.00. The van der Waals surface area contributed by atoms with E-state index in [4.69, 9.17) is 5.73 Å². The molecule has 0 saturated carbocycles. The average Bonchev–Trinajstić information content (AvgIpc) is 2.20. The van der Waals surface area contributed by atoms with Gasteiger partial charge in [0.1, 0.15) is 6.04 Å². The van der Waals surface area contributed by atoms with Gasteiger partial charge >= 0.3 is 6.18 Å². The van der Waals surface area contributed by atoms with Crippen LogP contribution in [0, 0.1) is 0 Å². The summed E-state index contributed by atoms with van der Waals surface area (Å²) in [7, 11) is 0. The molecule has 2 nitrogen and oxygen atoms in total. The van der Waals surface area contributed by atoms with Crippen molar-refractivity contribution in [2.75, 3.05) is 6.54 Å². The third kappa shape index (κ3) is 5.25. The van der Waals surface area contributed by atoms with Gasteiger partial charge in [-0.05, 0) is 33.2 Å². The quantitative estimate of drug-likeness (QED) is 0.756. The van der Waals surface area contributed by atoms with Gasteiger partial charge in [0, 0.05) is 12.1 Å². The molecule has 17 heavy (non-hydrogen) atoms. The van der Waals surface area contributed by atoms with Crippen LogP contribution in [0.4, 0.5) is 13.2 Å². The molecule has 0 radical (unpaired) electrons. The number of nitrogens with zero attached hydrogens (tertiary/aromatic N) is 1. The number of nitrogens with two attached hydrogens (primary N) is 1. The molecule has 0 amide bonds. The lowest BCUT2D eigenvalue weighted by Crippen LogP contribution is -2.57. The van der Waals surface area contributed by atoms with Crippen molar-refractivity contribution in [2.24, 2.45) is 5.73 Å². The van der Waals surface area contributed by atoms with E-state index < -0.39 is 18.3 Å². The van der Waals surface area contributed by atoms with Gasteiger partial charge in [0.25, 0.3) is 0 Å². The summed E-state index contributed by atoms with van der Waals surface area (Å²) in [6, 6.07) is -2.54. The van der Waals surface area contributed by atoms with Crippen LogP contribution in [0.1, 0.15) is 47.0 Å². The molecule has 0 spiro atoms. The van der Waals surface area contributed by atoms with Crippen LogP contribution in [0.5, 0.6) is 0 Å². The van der Waals surface area contributed by atoms with Crippen molar-refractivity contribution in [1.82, 2.24) is 4.90 Å². The summed E-state index contributed by atoms with van der Waals surface area (Å²) in [5, 5.41) is 0. The molecule has 0 aliphatic heterocycles. The molecular formula is C12H25F3N2. The van der Waals surface area contributed by atoms with Crippen LogP contribution in [0.3, 0.4) is 0 Å². The molecule has 5 heteroatoms. The Morgan fingerprint density at radius 2 is 1.71 bits per heavy atom. The van der Waals surface area contributed by atoms with Crippen molar-refractivity contribution in [2.45, 2.75) is 71.3 Å². The maximum absolute atomic E-state index is 13.0. The molecule has 0 aliphatic rings. The number of unbranched alkanes of at least 4 members (excludes halogenated alkanes) is 1. The third-order valence-electron chi connectivity index (χ3n) is 3.12. The summed E-state index contributed by atoms with van der Waals surface area (Å²) in [5.74, 6) is 0. The zero-order valence-corrected chi connectivity index (χ0v) is 11.2. The van der Waals surface area contributed by atoms with E-state index in [0.717, 1.165) is 12.8 Å². The lowest BCUT2D eigenvalue weighted by molar-refractivity contribution is -0.193. The summed E-state index contributed by atoms with van der Waals surface area (Å²) in [6.45, 7) is 7.59. The number of hydrogen-bond acceptors (Lipinski definition) is 2. The van der Waals surface area contributed by atoms with E-state index >= 15 is 0 Å². The topological polar surface area (TPSA) is 29.3 Å². The van der Waals surface area contributed by atoms with E-state index in [2.05, 4.69) is 0 Å². The number of halogens is 3. The van der Waals surface area contributed by atoms with Crippen LogP contribution in [-0.2, 0) is 0 Å². The minimum atomic E-state index is -4.26. The first-order valence-corrected chi connectivity index (χ1v) is 6.33. The molecule has 0 aromatic carbocycles. The van der Waals surface area contributed by atoms with Gasteiger partial charge in [0.05, 0.1) is 0 Å². The largest absolute Gasteiger partial charge is 0.405 e. The summed E-state index contributed by atoms with van der Waals surface area (Å²) in [5.41, 5.74) is 5.53. The standard InChI is InChI=1S/C12H25F3N2/c1-5-7-8-17(9(3)6-2)11(10(4)16)12(13,14)15/h9-11H,5-8,16H2,1-4H3. The molecule has 0 rings (SSSR count). The van der Waals surface area contributed by atoms with Crippen LogP contribution in [0.25, 0.3) is 0 Å². The monoisotopic (exact) mass is 254 g/mol. The first-order valence-electron chi connectivity index (χ1n) is 6.33. The van der Waals surface area contributed by atoms with E-state index in [-0.39, 0.29) is 6.04 Å². The third-order valence-corrected chi connectivity index (χ3v) is 3.12. The summed E-state index contributed by atoms with van der Waals surface area (Å²) >= 11 is 0. The number of rotatable bonds is 7. The Kier molecular flexibility index (Phi) is 7.09. The SMILES string of the molecule is CCCCN(C(C)CC)C(C(C)N)C(F)(F)F. The lowest BCUT2D eigenvalue weighted by atomic mass is 10.0. The highest BCUT2D eigenvalue weighted by Crippen LogP contribution is 2.29. The number of alkyl halides is 3. The summed E-state index contributed by atoms with van der Waals surface area (Å²) < 4.78 is 39.1. The molecule has 0 heterocycles. The van der Waals surface area contributed by atoms with Crippen LogP contribution in [-0.4, -0.2) is 35.7 Å². The summed E-state index contributed by atoms with van der Waals surface area (Å²) in [4.78, 5) is 1.51. The highest BCUT2D eigenvalue weighted by Gasteiger charge is 2.46. The fraction of sp³-hybridized carbons (Fsp3) is 1.00. The van der Waals surface area contributed by atoms with Gasteiger partial charge in [-0.1, -0.05) is 20.3 Å². The van der Waals surface area contributed by atoms with E-state index in [1.165, 1.54) is 11.8 Å². The van der Waals surface area contributed by atoms with E-state index in [9.17, 15) is 13.2 Å². The minimum Gasteiger partial charge on any atom is -0.326 e. The second kappa shape index (κ2) is 7.21. The normalized spacial score (nSPS) is 18.2. The average molecular weight is 254 g/mol. The second-order valence-electron chi connectivity index (χ2n) is 4.69. The van der Waals surface area contributed by atoms with Gasteiger partial charge in [-0.25, -0.2) is 0 Å². The Hall–Kier alpha value is -0.290. The molecule has 0 aliphatic carbocycles. The van der Waals surface area contributed by atoms with Crippen molar-refractivity contribution in [3.05, 3.63) is 0 Å². The van der Waals surface area contributed by atoms with Crippen LogP contribution < -0.4 is 5.73 Å². The Morgan fingerprint density at radius 1 is 1.18 bits per heavy atom. The molecule has 0 saturated heterocycles. The van der Waals surface area contributed by atoms with Crippen LogP contribution in [0.2, 0.25) is 0 Å². The highest BCUT2D eigenvalue weighted by atomic mass is 19.4. The summed E-state index contributed by atoms with van der Waals surface area (Å²) in [6.07, 6.45) is -1.91. The molecule has 0 aromatic heterocycles. The maximum atomic E-state index is 13.0. The molecule has 0 fully saturated rings. The predicted molar refractivity (Wildman–Crippen MR) is 64.9 cm³/mol. The molecule has 0 bridgehead atoms. The first kappa shape index (κ1) is 16.7. The Morgan fingerprint density at radius 3 is 2.00 bits per heavy atom. The van der Waals surface area contributed by atoms with Crippen LogP contribution in [0.15, 0.2) is 0 Å². The lowest BCUT2D eigenvalue weighted by Gasteiger charge is -2.39. The van der Waals surface area contributed by atoms with Crippen molar-refractivity contribution in [3.63, 3.8) is 0 Å². The highest BCUT2D eigenvalue weighted by molar-refractivity contribution is 4.88. The zero-order chi connectivity index (χ0) is 13.6. The molecule has 0 aromatic rings. The molecule has 3 atom stereocenters. The minimum absolute atomic E-state index is 0.0980. The molecule has 104 valence electrons. The van der Waals surface area contributed by atoms with Crippen molar-refractivity contribution in [3.8, 4) is 0 Å². The van der Waals surface area contributed by atoms with Gasteiger partial charge in [-0.15, -0.1) is 0 Å². The number of hydrogen-bond donors (Lipinski definition) is 1. The Balaban J connectivity index is 4.94. The fourth-order valence-electron chi connectivity index (χ4n) is 2.00. The van der Waals surface area contributed by atoms with E-state index in [1.54, 1.807) is 0 Å². The van der Waals surface area contributed by atoms with Crippen LogP contribution >= 0.6 is 0 Å². The molecule has 2 N–H and O–H groups in total. The van der Waals surface area contributed by atoms with Gasteiger partial charge < -0.3 is 5.73 Å². The van der Waals surface area contributed by atoms with Gasteiger partial charge in [-0.2, -0.15) is 13.2 Å². The first-order chi connectivity index (χ1) is 7.75. The van der Waals surface area contributed by atoms with Gasteiger partial charge in [0.15, 0.2) is 0 Å². The van der Waals surface area contributed by atoms with Crippen molar-refractivity contribution >= 4 is 0 Å². The van der Waals surface area contributed by atoms with E-state index in [1.807, 2.05) is 20.8 Å². The van der Waals surface area contributed by atoms with Gasteiger partial charge in [0.2, 0.25) is 0 Å².